The highest BCUT2D eigenvalue weighted by molar-refractivity contribution is 7.15. The van der Waals surface area contributed by atoms with Gasteiger partial charge >= 0.3 is 0 Å². The van der Waals surface area contributed by atoms with Gasteiger partial charge in [-0.3, -0.25) is 4.79 Å². The summed E-state index contributed by atoms with van der Waals surface area (Å²) in [7, 11) is 0. The average molecular weight is 378 g/mol. The summed E-state index contributed by atoms with van der Waals surface area (Å²) < 4.78 is 7.25. The fourth-order valence-corrected chi connectivity index (χ4v) is 3.66. The summed E-state index contributed by atoms with van der Waals surface area (Å²) in [4.78, 5) is 17.4. The quantitative estimate of drug-likeness (QED) is 0.535. The van der Waals surface area contributed by atoms with Crippen LogP contribution < -0.4 is 10.1 Å². The van der Waals surface area contributed by atoms with Crippen LogP contribution in [0.25, 0.3) is 22.4 Å². The van der Waals surface area contributed by atoms with E-state index in [4.69, 9.17) is 27.6 Å². The van der Waals surface area contributed by atoms with Crippen molar-refractivity contribution < 1.29 is 4.42 Å². The smallest absolute Gasteiger partial charge is 0.291 e. The van der Waals surface area contributed by atoms with Gasteiger partial charge in [-0.15, -0.1) is 5.10 Å². The van der Waals surface area contributed by atoms with Crippen molar-refractivity contribution in [1.29, 1.82) is 0 Å². The van der Waals surface area contributed by atoms with Crippen LogP contribution in [0.2, 0.25) is 10.0 Å². The van der Waals surface area contributed by atoms with Gasteiger partial charge in [0.2, 0.25) is 4.96 Å². The Balaban J connectivity index is 1.84. The fourth-order valence-electron chi connectivity index (χ4n) is 2.28. The maximum Gasteiger partial charge on any atom is 0.291 e. The average Bonchev–Trinajstić information content (AvgIpc) is 3.18. The number of aryl methyl sites for hydroxylation is 1. The summed E-state index contributed by atoms with van der Waals surface area (Å²) in [5, 5.41) is 5.23. The van der Waals surface area contributed by atoms with E-state index in [0.717, 1.165) is 5.76 Å². The monoisotopic (exact) mass is 377 g/mol. The highest BCUT2D eigenvalue weighted by Crippen LogP contribution is 2.28. The van der Waals surface area contributed by atoms with Gasteiger partial charge in [-0.25, -0.2) is 0 Å². The minimum atomic E-state index is -0.243. The largest absolute Gasteiger partial charge is 0.462 e. The number of benzene rings is 1. The van der Waals surface area contributed by atoms with E-state index in [1.807, 2.05) is 19.1 Å². The molecule has 4 rings (SSSR count). The van der Waals surface area contributed by atoms with Crippen LogP contribution in [0.5, 0.6) is 0 Å². The molecular formula is C16H9Cl2N3O2S. The first kappa shape index (κ1) is 15.4. The molecule has 0 saturated carbocycles. The summed E-state index contributed by atoms with van der Waals surface area (Å²) in [5.41, 5.74) is 0.386. The molecule has 0 unspecified atom stereocenters. The minimum absolute atomic E-state index is 0.243. The minimum Gasteiger partial charge on any atom is -0.462 e. The van der Waals surface area contributed by atoms with Crippen molar-refractivity contribution in [3.63, 3.8) is 0 Å². The number of nitrogens with zero attached hydrogens (tertiary/aromatic N) is 3. The van der Waals surface area contributed by atoms with Gasteiger partial charge in [0.25, 0.3) is 5.56 Å². The molecular weight excluding hydrogens is 369 g/mol. The first-order chi connectivity index (χ1) is 11.5. The summed E-state index contributed by atoms with van der Waals surface area (Å²) in [6, 6.07) is 8.70. The van der Waals surface area contributed by atoms with Gasteiger partial charge < -0.3 is 4.42 Å². The van der Waals surface area contributed by atoms with Crippen molar-refractivity contribution in [2.45, 2.75) is 6.92 Å². The number of hydrogen-bond donors (Lipinski definition) is 0. The van der Waals surface area contributed by atoms with Gasteiger partial charge in [0.15, 0.2) is 5.82 Å². The lowest BCUT2D eigenvalue weighted by Crippen LogP contribution is -2.23. The third-order valence-electron chi connectivity index (χ3n) is 3.39. The lowest BCUT2D eigenvalue weighted by molar-refractivity contribution is 0.525. The molecule has 4 aromatic rings. The summed E-state index contributed by atoms with van der Waals surface area (Å²) in [6.07, 6.45) is 1.69. The molecule has 0 spiro atoms. The van der Waals surface area contributed by atoms with Crippen LogP contribution in [0.4, 0.5) is 0 Å². The number of fused-ring (bicyclic) bond motifs is 1. The maximum atomic E-state index is 12.5. The van der Waals surface area contributed by atoms with Crippen LogP contribution in [0.1, 0.15) is 11.5 Å². The zero-order chi connectivity index (χ0) is 16.8. The first-order valence-corrected chi connectivity index (χ1v) is 8.52. The van der Waals surface area contributed by atoms with Crippen LogP contribution >= 0.6 is 34.5 Å². The van der Waals surface area contributed by atoms with E-state index in [1.54, 1.807) is 24.3 Å². The van der Waals surface area contributed by atoms with Crippen LogP contribution in [-0.4, -0.2) is 14.6 Å². The highest BCUT2D eigenvalue weighted by Gasteiger charge is 2.14. The normalized spacial score (nSPS) is 12.4. The van der Waals surface area contributed by atoms with E-state index < -0.39 is 0 Å². The Labute approximate surface area is 149 Å². The third-order valence-corrected chi connectivity index (χ3v) is 4.90. The van der Waals surface area contributed by atoms with E-state index in [-0.39, 0.29) is 5.56 Å². The molecule has 3 heterocycles. The summed E-state index contributed by atoms with van der Waals surface area (Å²) in [6.45, 7) is 1.85. The van der Waals surface area contributed by atoms with E-state index in [9.17, 15) is 4.79 Å². The van der Waals surface area contributed by atoms with Gasteiger partial charge in [-0.05, 0) is 37.3 Å². The Bertz CT molecular complexity index is 1180. The second kappa shape index (κ2) is 5.73. The molecule has 0 bridgehead atoms. The van der Waals surface area contributed by atoms with Crippen LogP contribution in [-0.2, 0) is 0 Å². The maximum absolute atomic E-state index is 12.5. The number of furan rings is 1. The molecule has 24 heavy (non-hydrogen) atoms. The fraction of sp³-hybridized carbons (Fsp3) is 0.0625. The van der Waals surface area contributed by atoms with Crippen LogP contribution in [0, 0.1) is 6.92 Å². The van der Waals surface area contributed by atoms with Gasteiger partial charge in [0, 0.05) is 16.7 Å². The van der Waals surface area contributed by atoms with Gasteiger partial charge in [0.05, 0.1) is 5.02 Å². The van der Waals surface area contributed by atoms with E-state index in [2.05, 4.69) is 10.1 Å². The number of aromatic nitrogens is 3. The second-order valence-corrected chi connectivity index (χ2v) is 6.97. The van der Waals surface area contributed by atoms with Crippen molar-refractivity contribution in [2.24, 2.45) is 0 Å². The molecule has 0 atom stereocenters. The molecule has 0 aliphatic heterocycles. The van der Waals surface area contributed by atoms with Gasteiger partial charge in [-0.1, -0.05) is 34.5 Å². The number of hydrogen-bond acceptors (Lipinski definition) is 5. The van der Waals surface area contributed by atoms with Gasteiger partial charge in [-0.2, -0.15) is 9.50 Å². The van der Waals surface area contributed by atoms with Crippen molar-refractivity contribution in [3.05, 3.63) is 66.8 Å². The number of halogens is 2. The highest BCUT2D eigenvalue weighted by atomic mass is 35.5. The Hall–Kier alpha value is -2.15. The SMILES string of the molecule is Cc1ccc(C=c2sc3nc(-c4ccc(Cl)cc4Cl)nn3c2=O)o1. The van der Waals surface area contributed by atoms with Crippen molar-refractivity contribution in [2.75, 3.05) is 0 Å². The number of thiazole rings is 1. The number of rotatable bonds is 2. The molecule has 0 fully saturated rings. The molecule has 0 radical (unpaired) electrons. The Kier molecular flexibility index (Phi) is 3.68. The lowest BCUT2D eigenvalue weighted by atomic mass is 10.2. The molecule has 120 valence electrons. The Morgan fingerprint density at radius 2 is 2.08 bits per heavy atom. The lowest BCUT2D eigenvalue weighted by Gasteiger charge is -1.98. The topological polar surface area (TPSA) is 60.4 Å². The van der Waals surface area contributed by atoms with E-state index in [0.29, 0.717) is 36.7 Å². The summed E-state index contributed by atoms with van der Waals surface area (Å²) in [5.74, 6) is 1.79. The zero-order valence-corrected chi connectivity index (χ0v) is 14.6. The first-order valence-electron chi connectivity index (χ1n) is 6.94. The molecule has 5 nitrogen and oxygen atoms in total. The van der Waals surface area contributed by atoms with Crippen LogP contribution in [0.15, 0.2) is 39.5 Å². The van der Waals surface area contributed by atoms with Gasteiger partial charge in [0.1, 0.15) is 16.1 Å². The van der Waals surface area contributed by atoms with Crippen molar-refractivity contribution in [1.82, 2.24) is 14.6 Å². The zero-order valence-electron chi connectivity index (χ0n) is 12.3. The molecule has 0 aliphatic carbocycles. The Morgan fingerprint density at radius 1 is 1.25 bits per heavy atom. The summed E-state index contributed by atoms with van der Waals surface area (Å²) >= 11 is 13.3. The van der Waals surface area contributed by atoms with E-state index in [1.165, 1.54) is 15.9 Å². The Morgan fingerprint density at radius 3 is 2.75 bits per heavy atom. The van der Waals surface area contributed by atoms with Crippen molar-refractivity contribution >= 4 is 45.6 Å². The standard InChI is InChI=1S/C16H9Cl2N3O2S/c1-8-2-4-10(23-8)7-13-15(22)21-16(24-13)19-14(20-21)11-5-3-9(17)6-12(11)18/h2-7H,1H3. The molecule has 0 aliphatic rings. The van der Waals surface area contributed by atoms with E-state index >= 15 is 0 Å². The molecule has 0 amide bonds. The molecule has 3 aromatic heterocycles. The molecule has 8 heteroatoms. The third kappa shape index (κ3) is 2.62. The molecule has 1 aromatic carbocycles. The predicted octanol–water partition coefficient (Wildman–Crippen LogP) is 3.57. The molecule has 0 N–H and O–H groups in total. The van der Waals surface area contributed by atoms with Crippen LogP contribution in [0.3, 0.4) is 0 Å². The molecule has 0 saturated heterocycles. The predicted molar refractivity (Wildman–Crippen MR) is 94.8 cm³/mol. The van der Waals surface area contributed by atoms with Crippen molar-refractivity contribution in [3.8, 4) is 11.4 Å². The second-order valence-electron chi connectivity index (χ2n) is 5.12.